The van der Waals surface area contributed by atoms with Crippen molar-refractivity contribution in [2.75, 3.05) is 39.8 Å². The molecule has 3 heterocycles. The van der Waals surface area contributed by atoms with Crippen molar-refractivity contribution < 1.29 is 14.7 Å². The zero-order valence-corrected chi connectivity index (χ0v) is 17.6. The normalized spacial score (nSPS) is 21.7. The molecule has 2 aliphatic heterocycles. The Hall–Kier alpha value is -3.10. The van der Waals surface area contributed by atoms with Crippen LogP contribution in [0.1, 0.15) is 18.4 Å². The van der Waals surface area contributed by atoms with Crippen molar-refractivity contribution in [1.82, 2.24) is 25.1 Å². The monoisotopic (exact) mass is 421 g/mol. The van der Waals surface area contributed by atoms with E-state index in [1.807, 2.05) is 21.9 Å². The van der Waals surface area contributed by atoms with E-state index in [4.69, 9.17) is 0 Å². The summed E-state index contributed by atoms with van der Waals surface area (Å²) in [6.07, 6.45) is 6.86. The summed E-state index contributed by atoms with van der Waals surface area (Å²) in [7, 11) is 1.66. The van der Waals surface area contributed by atoms with Gasteiger partial charge in [-0.1, -0.05) is 30.3 Å². The van der Waals surface area contributed by atoms with Gasteiger partial charge in [0.25, 0.3) is 0 Å². The minimum Gasteiger partial charge on any atom is -0.480 e. The lowest BCUT2D eigenvalue weighted by Gasteiger charge is -2.29. The Balaban J connectivity index is 1.34. The maximum atomic E-state index is 12.7. The molecule has 4 rings (SSSR count). The first-order valence-electron chi connectivity index (χ1n) is 10.5. The van der Waals surface area contributed by atoms with Crippen molar-refractivity contribution in [2.24, 2.45) is 0 Å². The number of carboxylic acids is 1. The molecule has 8 nitrogen and oxygen atoms in total. The van der Waals surface area contributed by atoms with Gasteiger partial charge in [0.1, 0.15) is 5.54 Å². The number of hydrogen-bond acceptors (Lipinski definition) is 6. The highest BCUT2D eigenvalue weighted by Gasteiger charge is 2.44. The smallest absolute Gasteiger partial charge is 0.325 e. The lowest BCUT2D eigenvalue weighted by molar-refractivity contribution is -0.144. The first-order valence-corrected chi connectivity index (χ1v) is 10.5. The summed E-state index contributed by atoms with van der Waals surface area (Å²) in [6.45, 7) is 2.44. The van der Waals surface area contributed by atoms with E-state index in [0.29, 0.717) is 38.4 Å². The Labute approximate surface area is 181 Å². The van der Waals surface area contributed by atoms with Gasteiger partial charge in [-0.15, -0.1) is 0 Å². The Morgan fingerprint density at radius 2 is 1.84 bits per heavy atom. The van der Waals surface area contributed by atoms with E-state index in [1.54, 1.807) is 25.5 Å². The van der Waals surface area contributed by atoms with Crippen LogP contribution in [0, 0.1) is 0 Å². The number of carbonyl (C=O) groups is 2. The van der Waals surface area contributed by atoms with Gasteiger partial charge in [-0.2, -0.15) is 0 Å². The number of likely N-dealkylation sites (N-methyl/N-ethyl adjacent to an activating group) is 1. The SMILES string of the molecule is CNC1(C(=O)O)CCN(CC(=O)N2CC=C(c3ccc(-c4ncccn4)cc3)CC2)C1. The summed E-state index contributed by atoms with van der Waals surface area (Å²) in [4.78, 5) is 36.6. The molecule has 0 spiro atoms. The largest absolute Gasteiger partial charge is 0.480 e. The molecule has 31 heavy (non-hydrogen) atoms. The Bertz CT molecular complexity index is 976. The van der Waals surface area contributed by atoms with Crippen LogP contribution in [0.25, 0.3) is 17.0 Å². The predicted molar refractivity (Wildman–Crippen MR) is 117 cm³/mol. The molecular formula is C23H27N5O3. The molecule has 0 aliphatic carbocycles. The van der Waals surface area contributed by atoms with Crippen LogP contribution in [0.2, 0.25) is 0 Å². The second-order valence-corrected chi connectivity index (χ2v) is 8.07. The third-order valence-corrected chi connectivity index (χ3v) is 6.24. The zero-order valence-electron chi connectivity index (χ0n) is 17.6. The number of amides is 1. The van der Waals surface area contributed by atoms with Crippen molar-refractivity contribution in [1.29, 1.82) is 0 Å². The lowest BCUT2D eigenvalue weighted by atomic mass is 9.98. The second-order valence-electron chi connectivity index (χ2n) is 8.07. The van der Waals surface area contributed by atoms with E-state index in [0.717, 1.165) is 17.5 Å². The fourth-order valence-corrected chi connectivity index (χ4v) is 4.24. The predicted octanol–water partition coefficient (Wildman–Crippen LogP) is 1.51. The van der Waals surface area contributed by atoms with Crippen LogP contribution in [0.3, 0.4) is 0 Å². The minimum atomic E-state index is -0.952. The number of carboxylic acid groups (broad SMARTS) is 1. The van der Waals surface area contributed by atoms with Gasteiger partial charge in [0, 0.05) is 44.1 Å². The second kappa shape index (κ2) is 8.95. The summed E-state index contributed by atoms with van der Waals surface area (Å²) in [5, 5.41) is 12.4. The number of aliphatic carboxylic acids is 1. The van der Waals surface area contributed by atoms with Gasteiger partial charge >= 0.3 is 5.97 Å². The minimum absolute atomic E-state index is 0.0455. The number of nitrogens with zero attached hydrogens (tertiary/aromatic N) is 4. The van der Waals surface area contributed by atoms with Crippen LogP contribution >= 0.6 is 0 Å². The maximum absolute atomic E-state index is 12.7. The van der Waals surface area contributed by atoms with Crippen molar-refractivity contribution in [2.45, 2.75) is 18.4 Å². The molecule has 2 aliphatic rings. The van der Waals surface area contributed by atoms with E-state index in [-0.39, 0.29) is 12.5 Å². The molecular weight excluding hydrogens is 394 g/mol. The topological polar surface area (TPSA) is 98.7 Å². The standard InChI is InChI=1S/C23H27N5O3/c1-24-23(22(30)31)9-14-27(16-23)15-20(29)28-12-7-18(8-13-28)17-3-5-19(6-4-17)21-25-10-2-11-26-21/h2-7,10-11,24H,8-9,12-16H2,1H3,(H,30,31). The Kier molecular flexibility index (Phi) is 6.11. The van der Waals surface area contributed by atoms with Crippen LogP contribution in [0.5, 0.6) is 0 Å². The van der Waals surface area contributed by atoms with Crippen LogP contribution in [0.4, 0.5) is 0 Å². The van der Waals surface area contributed by atoms with E-state index >= 15 is 0 Å². The van der Waals surface area contributed by atoms with Crippen molar-refractivity contribution in [3.8, 4) is 11.4 Å². The first kappa shape index (κ1) is 21.1. The first-order chi connectivity index (χ1) is 15.0. The molecule has 0 saturated carbocycles. The van der Waals surface area contributed by atoms with E-state index in [2.05, 4.69) is 33.5 Å². The third kappa shape index (κ3) is 4.50. The maximum Gasteiger partial charge on any atom is 0.325 e. The van der Waals surface area contributed by atoms with Gasteiger partial charge in [-0.3, -0.25) is 14.5 Å². The highest BCUT2D eigenvalue weighted by Crippen LogP contribution is 2.26. The molecule has 0 radical (unpaired) electrons. The highest BCUT2D eigenvalue weighted by atomic mass is 16.4. The highest BCUT2D eigenvalue weighted by molar-refractivity contribution is 5.82. The number of aromatic nitrogens is 2. The van der Waals surface area contributed by atoms with Gasteiger partial charge in [0.15, 0.2) is 5.82 Å². The number of nitrogens with one attached hydrogen (secondary N) is 1. The van der Waals surface area contributed by atoms with Gasteiger partial charge in [0.2, 0.25) is 5.91 Å². The molecule has 1 aromatic heterocycles. The number of carbonyl (C=O) groups excluding carboxylic acids is 1. The summed E-state index contributed by atoms with van der Waals surface area (Å²) in [5.41, 5.74) is 2.39. The van der Waals surface area contributed by atoms with E-state index in [9.17, 15) is 14.7 Å². The fraction of sp³-hybridized carbons (Fsp3) is 0.391. The summed E-state index contributed by atoms with van der Waals surface area (Å²) in [6, 6.07) is 9.98. The molecule has 2 N–H and O–H groups in total. The van der Waals surface area contributed by atoms with Gasteiger partial charge in [-0.05, 0) is 37.1 Å². The zero-order chi connectivity index (χ0) is 21.8. The van der Waals surface area contributed by atoms with Crippen molar-refractivity contribution in [3.63, 3.8) is 0 Å². The Morgan fingerprint density at radius 1 is 1.13 bits per heavy atom. The Morgan fingerprint density at radius 3 is 2.42 bits per heavy atom. The van der Waals surface area contributed by atoms with Crippen molar-refractivity contribution in [3.05, 3.63) is 54.4 Å². The lowest BCUT2D eigenvalue weighted by Crippen LogP contribution is -2.53. The molecule has 1 aromatic carbocycles. The van der Waals surface area contributed by atoms with Crippen LogP contribution in [-0.4, -0.2) is 82.1 Å². The molecule has 1 unspecified atom stereocenters. The fourth-order valence-electron chi connectivity index (χ4n) is 4.24. The number of hydrogen-bond donors (Lipinski definition) is 2. The van der Waals surface area contributed by atoms with Crippen LogP contribution in [0.15, 0.2) is 48.8 Å². The number of likely N-dealkylation sites (tertiary alicyclic amines) is 1. The third-order valence-electron chi connectivity index (χ3n) is 6.24. The number of rotatable bonds is 6. The van der Waals surface area contributed by atoms with Crippen LogP contribution in [-0.2, 0) is 9.59 Å². The van der Waals surface area contributed by atoms with Crippen molar-refractivity contribution >= 4 is 17.4 Å². The molecule has 0 bridgehead atoms. The average molecular weight is 422 g/mol. The quantitative estimate of drug-likeness (QED) is 0.729. The van der Waals surface area contributed by atoms with Crippen LogP contribution < -0.4 is 5.32 Å². The molecule has 1 saturated heterocycles. The summed E-state index contributed by atoms with van der Waals surface area (Å²) >= 11 is 0. The molecule has 1 amide bonds. The van der Waals surface area contributed by atoms with Gasteiger partial charge < -0.3 is 15.3 Å². The summed E-state index contributed by atoms with van der Waals surface area (Å²) < 4.78 is 0. The van der Waals surface area contributed by atoms with Gasteiger partial charge in [0.05, 0.1) is 6.54 Å². The molecule has 1 fully saturated rings. The summed E-state index contributed by atoms with van der Waals surface area (Å²) in [5.74, 6) is -0.111. The molecule has 1 atom stereocenters. The molecule has 2 aromatic rings. The van der Waals surface area contributed by atoms with E-state index in [1.165, 1.54) is 5.57 Å². The molecule has 8 heteroatoms. The molecule has 162 valence electrons. The van der Waals surface area contributed by atoms with Gasteiger partial charge in [-0.25, -0.2) is 9.97 Å². The van der Waals surface area contributed by atoms with E-state index < -0.39 is 11.5 Å². The average Bonchev–Trinajstić information content (AvgIpc) is 3.24. The number of benzene rings is 1.